The fraction of sp³-hybridized carbons (Fsp3) is 0.125. The van der Waals surface area contributed by atoms with Crippen LogP contribution in [-0.4, -0.2) is 22.5 Å². The van der Waals surface area contributed by atoms with Crippen molar-refractivity contribution in [3.8, 4) is 0 Å². The fourth-order valence-corrected chi connectivity index (χ4v) is 2.76. The lowest BCUT2D eigenvalue weighted by Gasteiger charge is -2.08. The molecular formula is C16H15N3O4S. The number of carbonyl (C=O) groups is 2. The van der Waals surface area contributed by atoms with E-state index in [-0.39, 0.29) is 22.9 Å². The summed E-state index contributed by atoms with van der Waals surface area (Å²) in [5, 5.41) is 13.2. The van der Waals surface area contributed by atoms with Gasteiger partial charge in [-0.1, -0.05) is 24.3 Å². The molecule has 0 spiro atoms. The van der Waals surface area contributed by atoms with E-state index >= 15 is 0 Å². The van der Waals surface area contributed by atoms with Crippen molar-refractivity contribution in [2.45, 2.75) is 5.75 Å². The standard InChI is InChI=1S/C16H15N3O4S/c17-16(21)13-3-1-2-4-14(13)18-15(20)10-24-9-11-5-7-12(8-6-11)19(22)23/h1-8H,9-10H2,(H2,17,21)(H,18,20). The minimum Gasteiger partial charge on any atom is -0.366 e. The molecule has 8 heteroatoms. The number of thioether (sulfide) groups is 1. The van der Waals surface area contributed by atoms with E-state index in [1.807, 2.05) is 0 Å². The first-order chi connectivity index (χ1) is 11.5. The summed E-state index contributed by atoms with van der Waals surface area (Å²) in [7, 11) is 0. The average Bonchev–Trinajstić information content (AvgIpc) is 2.55. The predicted octanol–water partition coefficient (Wildman–Crippen LogP) is 2.57. The molecule has 0 aliphatic heterocycles. The Morgan fingerprint density at radius 1 is 1.12 bits per heavy atom. The average molecular weight is 345 g/mol. The number of nitrogens with zero attached hydrogens (tertiary/aromatic N) is 1. The van der Waals surface area contributed by atoms with Gasteiger partial charge in [-0.05, 0) is 17.7 Å². The second kappa shape index (κ2) is 8.11. The van der Waals surface area contributed by atoms with E-state index in [0.717, 1.165) is 5.56 Å². The van der Waals surface area contributed by atoms with Crippen molar-refractivity contribution in [2.75, 3.05) is 11.1 Å². The Bertz CT molecular complexity index is 762. The quantitative estimate of drug-likeness (QED) is 0.591. The number of amides is 2. The van der Waals surface area contributed by atoms with Gasteiger partial charge in [0.05, 0.1) is 21.9 Å². The van der Waals surface area contributed by atoms with Crippen LogP contribution < -0.4 is 11.1 Å². The molecule has 124 valence electrons. The molecule has 0 aliphatic rings. The van der Waals surface area contributed by atoms with Crippen molar-refractivity contribution >= 4 is 35.0 Å². The van der Waals surface area contributed by atoms with Crippen molar-refractivity contribution in [1.82, 2.24) is 0 Å². The number of rotatable bonds is 7. The Labute approximate surface area is 142 Å². The summed E-state index contributed by atoms with van der Waals surface area (Å²) in [5.41, 5.74) is 6.81. The maximum Gasteiger partial charge on any atom is 0.269 e. The monoisotopic (exact) mass is 345 g/mol. The maximum atomic E-state index is 11.9. The van der Waals surface area contributed by atoms with Gasteiger partial charge < -0.3 is 11.1 Å². The van der Waals surface area contributed by atoms with E-state index in [1.54, 1.807) is 36.4 Å². The van der Waals surface area contributed by atoms with Gasteiger partial charge in [0.15, 0.2) is 0 Å². The van der Waals surface area contributed by atoms with Crippen molar-refractivity contribution < 1.29 is 14.5 Å². The Balaban J connectivity index is 1.85. The molecule has 0 heterocycles. The van der Waals surface area contributed by atoms with Crippen LogP contribution in [0.4, 0.5) is 11.4 Å². The van der Waals surface area contributed by atoms with Gasteiger partial charge in [-0.3, -0.25) is 19.7 Å². The van der Waals surface area contributed by atoms with Gasteiger partial charge in [-0.25, -0.2) is 0 Å². The maximum absolute atomic E-state index is 11.9. The number of nitrogens with two attached hydrogens (primary N) is 1. The Morgan fingerprint density at radius 3 is 2.42 bits per heavy atom. The molecule has 0 bridgehead atoms. The molecule has 0 aromatic heterocycles. The molecule has 0 unspecified atom stereocenters. The van der Waals surface area contributed by atoms with Crippen LogP contribution in [0.1, 0.15) is 15.9 Å². The third kappa shape index (κ3) is 4.82. The second-order valence-electron chi connectivity index (χ2n) is 4.87. The molecule has 2 amide bonds. The highest BCUT2D eigenvalue weighted by atomic mass is 32.2. The van der Waals surface area contributed by atoms with Gasteiger partial charge in [-0.2, -0.15) is 0 Å². The van der Waals surface area contributed by atoms with E-state index in [1.165, 1.54) is 23.9 Å². The highest BCUT2D eigenvalue weighted by Gasteiger charge is 2.10. The summed E-state index contributed by atoms with van der Waals surface area (Å²) in [6.45, 7) is 0. The topological polar surface area (TPSA) is 115 Å². The van der Waals surface area contributed by atoms with Gasteiger partial charge in [0, 0.05) is 17.9 Å². The predicted molar refractivity (Wildman–Crippen MR) is 92.8 cm³/mol. The molecule has 3 N–H and O–H groups in total. The zero-order chi connectivity index (χ0) is 17.5. The molecular weight excluding hydrogens is 330 g/mol. The number of hydrogen-bond donors (Lipinski definition) is 2. The van der Waals surface area contributed by atoms with Crippen LogP contribution in [0.2, 0.25) is 0 Å². The highest BCUT2D eigenvalue weighted by molar-refractivity contribution is 7.99. The van der Waals surface area contributed by atoms with E-state index in [2.05, 4.69) is 5.32 Å². The largest absolute Gasteiger partial charge is 0.366 e. The zero-order valence-corrected chi connectivity index (χ0v) is 13.4. The Kier molecular flexibility index (Phi) is 5.91. The van der Waals surface area contributed by atoms with Gasteiger partial charge in [0.25, 0.3) is 11.6 Å². The van der Waals surface area contributed by atoms with Crippen LogP contribution in [0.3, 0.4) is 0 Å². The summed E-state index contributed by atoms with van der Waals surface area (Å²) >= 11 is 1.36. The summed E-state index contributed by atoms with van der Waals surface area (Å²) in [4.78, 5) is 33.4. The molecule has 0 radical (unpaired) electrons. The number of carbonyl (C=O) groups excluding carboxylic acids is 2. The van der Waals surface area contributed by atoms with Crippen molar-refractivity contribution in [2.24, 2.45) is 5.73 Å². The lowest BCUT2D eigenvalue weighted by molar-refractivity contribution is -0.384. The zero-order valence-electron chi connectivity index (χ0n) is 12.6. The molecule has 24 heavy (non-hydrogen) atoms. The van der Waals surface area contributed by atoms with Gasteiger partial charge >= 0.3 is 0 Å². The SMILES string of the molecule is NC(=O)c1ccccc1NC(=O)CSCc1ccc([N+](=O)[O-])cc1. The molecule has 0 saturated heterocycles. The second-order valence-corrected chi connectivity index (χ2v) is 5.86. The van der Waals surface area contributed by atoms with Crippen molar-refractivity contribution in [3.05, 3.63) is 69.8 Å². The number of nitrogens with one attached hydrogen (secondary N) is 1. The van der Waals surface area contributed by atoms with E-state index in [9.17, 15) is 19.7 Å². The highest BCUT2D eigenvalue weighted by Crippen LogP contribution is 2.18. The molecule has 2 aromatic rings. The fourth-order valence-electron chi connectivity index (χ4n) is 1.97. The first kappa shape index (κ1) is 17.5. The summed E-state index contributed by atoms with van der Waals surface area (Å²) in [6, 6.07) is 12.7. The first-order valence-electron chi connectivity index (χ1n) is 6.97. The number of para-hydroxylation sites is 1. The van der Waals surface area contributed by atoms with Crippen LogP contribution in [0.15, 0.2) is 48.5 Å². The number of hydrogen-bond acceptors (Lipinski definition) is 5. The van der Waals surface area contributed by atoms with E-state index in [4.69, 9.17) is 5.73 Å². The lowest BCUT2D eigenvalue weighted by Crippen LogP contribution is -2.19. The molecule has 0 aliphatic carbocycles. The Morgan fingerprint density at radius 2 is 1.79 bits per heavy atom. The smallest absolute Gasteiger partial charge is 0.269 e. The molecule has 7 nitrogen and oxygen atoms in total. The Hall–Kier alpha value is -2.87. The number of benzene rings is 2. The lowest BCUT2D eigenvalue weighted by atomic mass is 10.1. The van der Waals surface area contributed by atoms with Crippen LogP contribution in [0.25, 0.3) is 0 Å². The number of non-ortho nitro benzene ring substituents is 1. The first-order valence-corrected chi connectivity index (χ1v) is 8.12. The van der Waals surface area contributed by atoms with Crippen LogP contribution in [-0.2, 0) is 10.5 Å². The van der Waals surface area contributed by atoms with Gasteiger partial charge in [0.1, 0.15) is 0 Å². The third-order valence-electron chi connectivity index (χ3n) is 3.12. The summed E-state index contributed by atoms with van der Waals surface area (Å²) in [5.74, 6) is -0.132. The van der Waals surface area contributed by atoms with Crippen LogP contribution in [0.5, 0.6) is 0 Å². The van der Waals surface area contributed by atoms with Crippen molar-refractivity contribution in [1.29, 1.82) is 0 Å². The van der Waals surface area contributed by atoms with Gasteiger partial charge in [-0.15, -0.1) is 11.8 Å². The molecule has 0 saturated carbocycles. The van der Waals surface area contributed by atoms with Crippen LogP contribution >= 0.6 is 11.8 Å². The normalized spacial score (nSPS) is 10.2. The number of anilines is 1. The minimum absolute atomic E-state index is 0.0320. The number of nitro groups is 1. The molecule has 0 fully saturated rings. The van der Waals surface area contributed by atoms with E-state index < -0.39 is 10.8 Å². The van der Waals surface area contributed by atoms with Crippen molar-refractivity contribution in [3.63, 3.8) is 0 Å². The third-order valence-corrected chi connectivity index (χ3v) is 4.12. The number of nitro benzene ring substituents is 1. The molecule has 2 rings (SSSR count). The number of primary amides is 1. The summed E-state index contributed by atoms with van der Waals surface area (Å²) in [6.07, 6.45) is 0. The van der Waals surface area contributed by atoms with E-state index in [0.29, 0.717) is 11.4 Å². The van der Waals surface area contributed by atoms with Crippen LogP contribution in [0, 0.1) is 10.1 Å². The van der Waals surface area contributed by atoms with Gasteiger partial charge in [0.2, 0.25) is 5.91 Å². The molecule has 2 aromatic carbocycles. The summed E-state index contributed by atoms with van der Waals surface area (Å²) < 4.78 is 0. The minimum atomic E-state index is -0.607. The molecule has 0 atom stereocenters.